The van der Waals surface area contributed by atoms with Gasteiger partial charge in [-0.05, 0) is 44.9 Å². The molecule has 1 atom stereocenters. The second-order valence-corrected chi connectivity index (χ2v) is 7.44. The Bertz CT molecular complexity index is 954. The molecule has 1 aliphatic heterocycles. The Kier molecular flexibility index (Phi) is 4.60. The van der Waals surface area contributed by atoms with E-state index < -0.39 is 0 Å². The van der Waals surface area contributed by atoms with Gasteiger partial charge in [0.15, 0.2) is 0 Å². The summed E-state index contributed by atoms with van der Waals surface area (Å²) in [6, 6.07) is 12.2. The average Bonchev–Trinajstić information content (AvgIpc) is 3.24. The van der Waals surface area contributed by atoms with Gasteiger partial charge in [-0.25, -0.2) is 4.98 Å². The highest BCUT2D eigenvalue weighted by molar-refractivity contribution is 5.96. The number of aromatic nitrogens is 3. The van der Waals surface area contributed by atoms with Crippen molar-refractivity contribution in [1.82, 2.24) is 19.0 Å². The van der Waals surface area contributed by atoms with Crippen LogP contribution in [0, 0.1) is 13.8 Å². The van der Waals surface area contributed by atoms with E-state index in [-0.39, 0.29) is 5.91 Å². The maximum atomic E-state index is 13.3. The van der Waals surface area contributed by atoms with Gasteiger partial charge in [-0.15, -0.1) is 0 Å². The number of benzene rings is 1. The van der Waals surface area contributed by atoms with Crippen molar-refractivity contribution >= 4 is 5.91 Å². The van der Waals surface area contributed by atoms with Gasteiger partial charge in [0.25, 0.3) is 5.91 Å². The number of carbonyl (C=O) groups is 1. The van der Waals surface area contributed by atoms with Crippen molar-refractivity contribution in [1.29, 1.82) is 0 Å². The van der Waals surface area contributed by atoms with Crippen LogP contribution in [0.5, 0.6) is 0 Å². The van der Waals surface area contributed by atoms with E-state index in [0.29, 0.717) is 5.92 Å². The summed E-state index contributed by atoms with van der Waals surface area (Å²) in [5, 5.41) is 0. The summed E-state index contributed by atoms with van der Waals surface area (Å²) in [5.41, 5.74) is 3.98. The molecular weight excluding hydrogens is 336 g/mol. The van der Waals surface area contributed by atoms with E-state index in [1.807, 2.05) is 55.5 Å². The fraction of sp³-hybridized carbons (Fsp3) is 0.364. The Labute approximate surface area is 160 Å². The molecule has 140 valence electrons. The lowest BCUT2D eigenvalue weighted by atomic mass is 9.96. The first-order valence-electron chi connectivity index (χ1n) is 9.57. The summed E-state index contributed by atoms with van der Waals surface area (Å²) in [5.74, 6) is 1.51. The predicted molar refractivity (Wildman–Crippen MR) is 106 cm³/mol. The smallest absolute Gasteiger partial charge is 0.255 e. The van der Waals surface area contributed by atoms with Crippen LogP contribution in [0.25, 0.3) is 5.69 Å². The van der Waals surface area contributed by atoms with Crippen LogP contribution in [0.1, 0.15) is 46.3 Å². The van der Waals surface area contributed by atoms with Gasteiger partial charge < -0.3 is 14.0 Å². The molecule has 3 aromatic rings. The van der Waals surface area contributed by atoms with Crippen LogP contribution in [0.15, 0.2) is 48.8 Å². The van der Waals surface area contributed by atoms with Gasteiger partial charge in [-0.3, -0.25) is 4.79 Å². The van der Waals surface area contributed by atoms with Gasteiger partial charge in [0.1, 0.15) is 5.82 Å². The van der Waals surface area contributed by atoms with Crippen LogP contribution in [0.2, 0.25) is 0 Å². The van der Waals surface area contributed by atoms with Gasteiger partial charge in [0.05, 0.1) is 5.56 Å². The predicted octanol–water partition coefficient (Wildman–Crippen LogP) is 3.85. The highest BCUT2D eigenvalue weighted by Crippen LogP contribution is 2.28. The third-order valence-corrected chi connectivity index (χ3v) is 5.61. The monoisotopic (exact) mass is 362 g/mol. The molecule has 1 saturated heterocycles. The van der Waals surface area contributed by atoms with E-state index >= 15 is 0 Å². The van der Waals surface area contributed by atoms with Crippen molar-refractivity contribution in [3.05, 3.63) is 71.6 Å². The zero-order chi connectivity index (χ0) is 19.0. The number of likely N-dealkylation sites (tertiary alicyclic amines) is 1. The molecular formula is C22H26N4O. The highest BCUT2D eigenvalue weighted by Gasteiger charge is 2.29. The van der Waals surface area contributed by atoms with E-state index in [1.165, 1.54) is 0 Å². The third-order valence-electron chi connectivity index (χ3n) is 5.61. The minimum Gasteiger partial charge on any atom is -0.338 e. The second-order valence-electron chi connectivity index (χ2n) is 7.44. The molecule has 1 aromatic carbocycles. The molecule has 5 nitrogen and oxygen atoms in total. The Morgan fingerprint density at radius 2 is 1.96 bits per heavy atom. The minimum atomic E-state index is 0.129. The molecule has 1 fully saturated rings. The van der Waals surface area contributed by atoms with E-state index in [9.17, 15) is 4.79 Å². The number of hydrogen-bond acceptors (Lipinski definition) is 2. The Balaban J connectivity index is 1.61. The number of para-hydroxylation sites is 1. The SMILES string of the molecule is Cc1cc(C(=O)N2CCC[C@@H](c3nccn3C)C2)c(C)n1-c1ccccc1. The van der Waals surface area contributed by atoms with Crippen molar-refractivity contribution in [3.63, 3.8) is 0 Å². The molecule has 0 unspecified atom stereocenters. The molecule has 0 bridgehead atoms. The standard InChI is InChI=1S/C22H26N4O/c1-16-14-20(17(2)26(16)19-9-5-4-6-10-19)22(27)25-12-7-8-18(15-25)21-23-11-13-24(21)3/h4-6,9-11,13-14,18H,7-8,12,15H2,1-3H3/t18-/m1/s1. The normalized spacial score (nSPS) is 17.3. The first-order chi connectivity index (χ1) is 13.1. The first-order valence-corrected chi connectivity index (χ1v) is 9.57. The maximum Gasteiger partial charge on any atom is 0.255 e. The minimum absolute atomic E-state index is 0.129. The van der Waals surface area contributed by atoms with E-state index in [2.05, 4.69) is 33.2 Å². The first kappa shape index (κ1) is 17.6. The topological polar surface area (TPSA) is 43.1 Å². The van der Waals surface area contributed by atoms with E-state index in [1.54, 1.807) is 0 Å². The summed E-state index contributed by atoms with van der Waals surface area (Å²) in [6.07, 6.45) is 5.91. The lowest BCUT2D eigenvalue weighted by Crippen LogP contribution is -2.39. The molecule has 0 radical (unpaired) electrons. The largest absolute Gasteiger partial charge is 0.338 e. The summed E-state index contributed by atoms with van der Waals surface area (Å²) in [7, 11) is 2.02. The van der Waals surface area contributed by atoms with Gasteiger partial charge >= 0.3 is 0 Å². The van der Waals surface area contributed by atoms with Crippen molar-refractivity contribution in [2.24, 2.45) is 7.05 Å². The summed E-state index contributed by atoms with van der Waals surface area (Å²) in [6.45, 7) is 5.64. The van der Waals surface area contributed by atoms with Crippen LogP contribution >= 0.6 is 0 Å². The quantitative estimate of drug-likeness (QED) is 0.710. The molecule has 1 amide bonds. The van der Waals surface area contributed by atoms with Gasteiger partial charge in [0, 0.05) is 55.5 Å². The number of aryl methyl sites for hydroxylation is 2. The number of hydrogen-bond donors (Lipinski definition) is 0. The fourth-order valence-corrected chi connectivity index (χ4v) is 4.27. The molecule has 27 heavy (non-hydrogen) atoms. The van der Waals surface area contributed by atoms with E-state index in [4.69, 9.17) is 0 Å². The summed E-state index contributed by atoms with van der Waals surface area (Å²) in [4.78, 5) is 19.8. The zero-order valence-electron chi connectivity index (χ0n) is 16.2. The van der Waals surface area contributed by atoms with Crippen molar-refractivity contribution < 1.29 is 4.79 Å². The van der Waals surface area contributed by atoms with Crippen LogP contribution < -0.4 is 0 Å². The molecule has 0 spiro atoms. The molecule has 2 aromatic heterocycles. The van der Waals surface area contributed by atoms with Crippen molar-refractivity contribution in [3.8, 4) is 5.69 Å². The van der Waals surface area contributed by atoms with Gasteiger partial charge in [0.2, 0.25) is 0 Å². The third kappa shape index (κ3) is 3.18. The molecule has 0 N–H and O–H groups in total. The number of amides is 1. The maximum absolute atomic E-state index is 13.3. The van der Waals surface area contributed by atoms with Crippen LogP contribution in [-0.2, 0) is 7.05 Å². The van der Waals surface area contributed by atoms with Crippen LogP contribution in [0.4, 0.5) is 0 Å². The lowest BCUT2D eigenvalue weighted by Gasteiger charge is -2.32. The Morgan fingerprint density at radius 3 is 2.67 bits per heavy atom. The Hall–Kier alpha value is -2.82. The number of carbonyl (C=O) groups excluding carboxylic acids is 1. The molecule has 0 saturated carbocycles. The van der Waals surface area contributed by atoms with Crippen molar-refractivity contribution in [2.75, 3.05) is 13.1 Å². The van der Waals surface area contributed by atoms with E-state index in [0.717, 1.165) is 54.4 Å². The van der Waals surface area contributed by atoms with Crippen molar-refractivity contribution in [2.45, 2.75) is 32.6 Å². The molecule has 3 heterocycles. The summed E-state index contributed by atoms with van der Waals surface area (Å²) < 4.78 is 4.23. The number of imidazole rings is 1. The lowest BCUT2D eigenvalue weighted by molar-refractivity contribution is 0.0703. The molecule has 4 rings (SSSR count). The fourth-order valence-electron chi connectivity index (χ4n) is 4.27. The second kappa shape index (κ2) is 7.06. The molecule has 5 heteroatoms. The van der Waals surface area contributed by atoms with Gasteiger partial charge in [-0.1, -0.05) is 18.2 Å². The number of piperidine rings is 1. The van der Waals surface area contributed by atoms with Crippen LogP contribution in [0.3, 0.4) is 0 Å². The number of nitrogens with zero attached hydrogens (tertiary/aromatic N) is 4. The summed E-state index contributed by atoms with van der Waals surface area (Å²) >= 11 is 0. The zero-order valence-corrected chi connectivity index (χ0v) is 16.2. The van der Waals surface area contributed by atoms with Gasteiger partial charge in [-0.2, -0.15) is 0 Å². The molecule has 0 aliphatic carbocycles. The Morgan fingerprint density at radius 1 is 1.19 bits per heavy atom. The molecule has 1 aliphatic rings. The van der Waals surface area contributed by atoms with Crippen LogP contribution in [-0.4, -0.2) is 38.0 Å². The highest BCUT2D eigenvalue weighted by atomic mass is 16.2. The average molecular weight is 362 g/mol. The number of rotatable bonds is 3.